The molecule has 110 valence electrons. The molecule has 0 spiro atoms. The zero-order valence-electron chi connectivity index (χ0n) is 11.7. The van der Waals surface area contributed by atoms with E-state index < -0.39 is 0 Å². The lowest BCUT2D eigenvalue weighted by atomic mass is 10.0. The van der Waals surface area contributed by atoms with Crippen molar-refractivity contribution in [1.82, 2.24) is 5.32 Å². The first-order valence-electron chi connectivity index (χ1n) is 7.02. The van der Waals surface area contributed by atoms with E-state index in [1.165, 1.54) is 18.9 Å². The maximum Gasteiger partial charge on any atom is 0.127 e. The van der Waals surface area contributed by atoms with Crippen LogP contribution < -0.4 is 5.32 Å². The van der Waals surface area contributed by atoms with Crippen LogP contribution in [0.1, 0.15) is 24.0 Å². The minimum Gasteiger partial charge on any atom is -0.310 e. The average molecular weight is 324 g/mol. The Morgan fingerprint density at radius 2 is 1.90 bits per heavy atom. The van der Waals surface area contributed by atoms with E-state index in [9.17, 15) is 4.39 Å². The highest BCUT2D eigenvalue weighted by Gasteiger charge is 2.20. The van der Waals surface area contributed by atoms with Crippen LogP contribution in [0.4, 0.5) is 4.39 Å². The summed E-state index contributed by atoms with van der Waals surface area (Å²) in [6.45, 7) is 2.48. The van der Waals surface area contributed by atoms with Gasteiger partial charge >= 0.3 is 0 Å². The monoisotopic (exact) mass is 323 g/mol. The van der Waals surface area contributed by atoms with Gasteiger partial charge in [0.15, 0.2) is 0 Å². The van der Waals surface area contributed by atoms with E-state index in [2.05, 4.69) is 5.32 Å². The highest BCUT2D eigenvalue weighted by molar-refractivity contribution is 6.33. The van der Waals surface area contributed by atoms with Gasteiger partial charge in [-0.2, -0.15) is 0 Å². The van der Waals surface area contributed by atoms with Gasteiger partial charge < -0.3 is 5.32 Å². The van der Waals surface area contributed by atoms with Crippen molar-refractivity contribution in [2.24, 2.45) is 0 Å². The molecule has 1 aliphatic rings. The molecule has 4 heteroatoms. The smallest absolute Gasteiger partial charge is 0.127 e. The highest BCUT2D eigenvalue weighted by Crippen LogP contribution is 2.32. The zero-order chi connectivity index (χ0) is 15.0. The van der Waals surface area contributed by atoms with Crippen LogP contribution in [-0.2, 0) is 6.54 Å². The summed E-state index contributed by atoms with van der Waals surface area (Å²) < 4.78 is 13.5. The number of aryl methyl sites for hydroxylation is 1. The number of rotatable bonds is 4. The lowest BCUT2D eigenvalue weighted by Crippen LogP contribution is -2.15. The molecule has 0 unspecified atom stereocenters. The highest BCUT2D eigenvalue weighted by atomic mass is 35.5. The van der Waals surface area contributed by atoms with Crippen LogP contribution in [0.25, 0.3) is 11.1 Å². The number of halogens is 3. The van der Waals surface area contributed by atoms with E-state index in [-0.39, 0.29) is 5.82 Å². The lowest BCUT2D eigenvalue weighted by molar-refractivity contribution is 0.619. The fourth-order valence-corrected chi connectivity index (χ4v) is 2.74. The maximum atomic E-state index is 13.5. The molecule has 0 radical (unpaired) electrons. The fraction of sp³-hybridized carbons (Fsp3) is 0.294. The molecule has 1 saturated carbocycles. The second kappa shape index (κ2) is 5.96. The Hall–Kier alpha value is -1.09. The molecular formula is C17H16Cl2FN. The summed E-state index contributed by atoms with van der Waals surface area (Å²) in [6, 6.07) is 9.58. The molecule has 1 aliphatic carbocycles. The minimum absolute atomic E-state index is 0.284. The van der Waals surface area contributed by atoms with E-state index in [1.807, 2.05) is 18.2 Å². The second-order valence-electron chi connectivity index (χ2n) is 5.54. The second-order valence-corrected chi connectivity index (χ2v) is 6.36. The summed E-state index contributed by atoms with van der Waals surface area (Å²) in [5, 5.41) is 4.61. The molecule has 2 aromatic rings. The van der Waals surface area contributed by atoms with Crippen LogP contribution in [0.5, 0.6) is 0 Å². The Labute approximate surface area is 134 Å². The van der Waals surface area contributed by atoms with Gasteiger partial charge in [0.25, 0.3) is 0 Å². The van der Waals surface area contributed by atoms with Crippen LogP contribution in [0, 0.1) is 12.7 Å². The summed E-state index contributed by atoms with van der Waals surface area (Å²) >= 11 is 12.4. The van der Waals surface area contributed by atoms with Crippen molar-refractivity contribution in [2.45, 2.75) is 32.4 Å². The molecule has 0 atom stereocenters. The van der Waals surface area contributed by atoms with Crippen molar-refractivity contribution in [3.63, 3.8) is 0 Å². The number of hydrogen-bond acceptors (Lipinski definition) is 1. The Bertz CT molecular complexity index is 681. The molecule has 0 saturated heterocycles. The SMILES string of the molecule is Cc1cc(-c2ccc(Cl)c(CNC3CC3)c2)c(Cl)cc1F. The van der Waals surface area contributed by atoms with Crippen molar-refractivity contribution in [3.8, 4) is 11.1 Å². The van der Waals surface area contributed by atoms with Crippen molar-refractivity contribution in [1.29, 1.82) is 0 Å². The first-order chi connectivity index (χ1) is 10.0. The number of nitrogens with one attached hydrogen (secondary N) is 1. The first-order valence-corrected chi connectivity index (χ1v) is 7.78. The molecule has 3 rings (SSSR count). The Morgan fingerprint density at radius 3 is 2.62 bits per heavy atom. The van der Waals surface area contributed by atoms with Crippen LogP contribution in [0.2, 0.25) is 10.0 Å². The van der Waals surface area contributed by atoms with Crippen LogP contribution in [0.15, 0.2) is 30.3 Å². The third kappa shape index (κ3) is 3.39. The molecule has 1 fully saturated rings. The lowest BCUT2D eigenvalue weighted by Gasteiger charge is -2.11. The minimum atomic E-state index is -0.284. The predicted octanol–water partition coefficient (Wildman–Crippen LogP) is 5.36. The molecule has 0 aromatic heterocycles. The van der Waals surface area contributed by atoms with Crippen molar-refractivity contribution in [3.05, 3.63) is 57.3 Å². The Morgan fingerprint density at radius 1 is 1.14 bits per heavy atom. The van der Waals surface area contributed by atoms with Crippen molar-refractivity contribution < 1.29 is 4.39 Å². The van der Waals surface area contributed by atoms with Gasteiger partial charge in [0.2, 0.25) is 0 Å². The molecule has 0 bridgehead atoms. The van der Waals surface area contributed by atoms with Gasteiger partial charge in [0.1, 0.15) is 5.82 Å². The van der Waals surface area contributed by atoms with E-state index in [0.29, 0.717) is 16.6 Å². The molecule has 0 amide bonds. The third-order valence-corrected chi connectivity index (χ3v) is 4.45. The zero-order valence-corrected chi connectivity index (χ0v) is 13.2. The van der Waals surface area contributed by atoms with Gasteiger partial charge in [-0.1, -0.05) is 29.3 Å². The fourth-order valence-electron chi connectivity index (χ4n) is 2.30. The van der Waals surface area contributed by atoms with Crippen LogP contribution in [0.3, 0.4) is 0 Å². The summed E-state index contributed by atoms with van der Waals surface area (Å²) in [6.07, 6.45) is 2.47. The summed E-state index contributed by atoms with van der Waals surface area (Å²) in [5.74, 6) is -0.284. The van der Waals surface area contributed by atoms with Gasteiger partial charge in [0, 0.05) is 23.2 Å². The summed E-state index contributed by atoms with van der Waals surface area (Å²) in [7, 11) is 0. The third-order valence-electron chi connectivity index (χ3n) is 3.76. The molecule has 21 heavy (non-hydrogen) atoms. The maximum absolute atomic E-state index is 13.5. The number of hydrogen-bond donors (Lipinski definition) is 1. The van der Waals surface area contributed by atoms with Crippen molar-refractivity contribution in [2.75, 3.05) is 0 Å². The van der Waals surface area contributed by atoms with Crippen LogP contribution in [-0.4, -0.2) is 6.04 Å². The van der Waals surface area contributed by atoms with Gasteiger partial charge in [-0.25, -0.2) is 4.39 Å². The molecule has 2 aromatic carbocycles. The van der Waals surface area contributed by atoms with Gasteiger partial charge in [-0.15, -0.1) is 0 Å². The predicted molar refractivity (Wildman–Crippen MR) is 86.5 cm³/mol. The Balaban J connectivity index is 1.94. The molecule has 0 heterocycles. The van der Waals surface area contributed by atoms with Crippen molar-refractivity contribution >= 4 is 23.2 Å². The topological polar surface area (TPSA) is 12.0 Å². The van der Waals surface area contributed by atoms with Gasteiger partial charge in [-0.3, -0.25) is 0 Å². The standard InChI is InChI=1S/C17H16Cl2FN/c1-10-6-14(16(19)8-17(10)20)11-2-5-15(18)12(7-11)9-21-13-3-4-13/h2,5-8,13,21H,3-4,9H2,1H3. The average Bonchev–Trinajstić information content (AvgIpc) is 3.26. The normalized spacial score (nSPS) is 14.5. The quantitative estimate of drug-likeness (QED) is 0.798. The molecular weight excluding hydrogens is 308 g/mol. The number of benzene rings is 2. The van der Waals surface area contributed by atoms with E-state index >= 15 is 0 Å². The van der Waals surface area contributed by atoms with Gasteiger partial charge in [0.05, 0.1) is 5.02 Å². The first kappa shape index (κ1) is 14.8. The Kier molecular flexibility index (Phi) is 4.21. The van der Waals surface area contributed by atoms with E-state index in [0.717, 1.165) is 28.3 Å². The summed E-state index contributed by atoms with van der Waals surface area (Å²) in [5.41, 5.74) is 3.42. The molecule has 1 N–H and O–H groups in total. The molecule has 0 aliphatic heterocycles. The van der Waals surface area contributed by atoms with E-state index in [4.69, 9.17) is 23.2 Å². The van der Waals surface area contributed by atoms with Crippen LogP contribution >= 0.6 is 23.2 Å². The molecule has 1 nitrogen and oxygen atoms in total. The van der Waals surface area contributed by atoms with Gasteiger partial charge in [-0.05, 0) is 60.7 Å². The van der Waals surface area contributed by atoms with E-state index in [1.54, 1.807) is 13.0 Å². The largest absolute Gasteiger partial charge is 0.310 e. The summed E-state index contributed by atoms with van der Waals surface area (Å²) in [4.78, 5) is 0.